The molecule has 6 rings (SSSR count). The van der Waals surface area contributed by atoms with Crippen molar-refractivity contribution in [1.29, 1.82) is 0 Å². The summed E-state index contributed by atoms with van der Waals surface area (Å²) in [5.74, 6) is 1.12. The van der Waals surface area contributed by atoms with Crippen LogP contribution < -0.4 is 0 Å². The number of halogens is 2. The monoisotopic (exact) mass is 471 g/mol. The summed E-state index contributed by atoms with van der Waals surface area (Å²) < 4.78 is 29.4. The van der Waals surface area contributed by atoms with E-state index in [2.05, 4.69) is 34.7 Å². The SMILES string of the molecule is Fc1ccc2cc(Cc3nnc(Cc4cc5ccc(F)cc5[nH]4)n3CCCc3cnc[nH]3)[nH]c2c1. The molecule has 0 aliphatic rings. The molecule has 0 aliphatic heterocycles. The average molecular weight is 472 g/mol. The minimum Gasteiger partial charge on any atom is -0.358 e. The van der Waals surface area contributed by atoms with Gasteiger partial charge in [0.05, 0.1) is 6.33 Å². The van der Waals surface area contributed by atoms with E-state index in [-0.39, 0.29) is 11.6 Å². The summed E-state index contributed by atoms with van der Waals surface area (Å²) in [5.41, 5.74) is 4.49. The van der Waals surface area contributed by atoms with Crippen molar-refractivity contribution in [3.8, 4) is 0 Å². The zero-order chi connectivity index (χ0) is 23.8. The Morgan fingerprint density at radius 2 is 1.34 bits per heavy atom. The van der Waals surface area contributed by atoms with Crippen LogP contribution in [0.3, 0.4) is 0 Å². The van der Waals surface area contributed by atoms with Crippen molar-refractivity contribution in [3.63, 3.8) is 0 Å². The first-order valence-electron chi connectivity index (χ1n) is 11.5. The van der Waals surface area contributed by atoms with Gasteiger partial charge in [-0.05, 0) is 72.1 Å². The summed E-state index contributed by atoms with van der Waals surface area (Å²) in [7, 11) is 0. The Hall–Kier alpha value is -4.27. The van der Waals surface area contributed by atoms with Crippen molar-refractivity contribution in [2.24, 2.45) is 0 Å². The summed E-state index contributed by atoms with van der Waals surface area (Å²) in [6.45, 7) is 0.737. The van der Waals surface area contributed by atoms with Crippen LogP contribution in [0.15, 0.2) is 61.1 Å². The van der Waals surface area contributed by atoms with Gasteiger partial charge in [0.2, 0.25) is 0 Å². The third-order valence-electron chi connectivity index (χ3n) is 6.26. The maximum absolute atomic E-state index is 13.6. The van der Waals surface area contributed by atoms with E-state index in [4.69, 9.17) is 0 Å². The minimum absolute atomic E-state index is 0.270. The molecule has 0 aliphatic carbocycles. The fourth-order valence-corrected chi connectivity index (χ4v) is 4.59. The molecule has 7 nitrogen and oxygen atoms in total. The lowest BCUT2D eigenvalue weighted by Gasteiger charge is -2.10. The highest BCUT2D eigenvalue weighted by atomic mass is 19.1. The number of hydrogen-bond donors (Lipinski definition) is 3. The number of rotatable bonds is 8. The summed E-state index contributed by atoms with van der Waals surface area (Å²) in [5, 5.41) is 10.9. The first kappa shape index (κ1) is 21.3. The van der Waals surface area contributed by atoms with Crippen LogP contribution in [0.25, 0.3) is 21.8 Å². The first-order chi connectivity index (χ1) is 17.1. The van der Waals surface area contributed by atoms with E-state index in [1.54, 1.807) is 18.5 Å². The Morgan fingerprint density at radius 3 is 1.89 bits per heavy atom. The predicted molar refractivity (Wildman–Crippen MR) is 129 cm³/mol. The number of aromatic amines is 3. The van der Waals surface area contributed by atoms with Gasteiger partial charge in [-0.3, -0.25) is 0 Å². The largest absolute Gasteiger partial charge is 0.358 e. The fraction of sp³-hybridized carbons (Fsp3) is 0.192. The zero-order valence-corrected chi connectivity index (χ0v) is 18.9. The average Bonchev–Trinajstić information content (AvgIpc) is 3.62. The van der Waals surface area contributed by atoms with Crippen LogP contribution in [0.2, 0.25) is 0 Å². The Labute approximate surface area is 199 Å². The quantitative estimate of drug-likeness (QED) is 0.290. The smallest absolute Gasteiger partial charge is 0.138 e. The maximum atomic E-state index is 13.6. The first-order valence-corrected chi connectivity index (χ1v) is 11.5. The molecule has 0 saturated heterocycles. The third kappa shape index (κ3) is 4.44. The van der Waals surface area contributed by atoms with Crippen molar-refractivity contribution in [2.45, 2.75) is 32.2 Å². The van der Waals surface area contributed by atoms with E-state index < -0.39 is 0 Å². The zero-order valence-electron chi connectivity index (χ0n) is 18.9. The van der Waals surface area contributed by atoms with Crippen molar-refractivity contribution in [2.75, 3.05) is 0 Å². The van der Waals surface area contributed by atoms with E-state index in [0.29, 0.717) is 12.8 Å². The highest BCUT2D eigenvalue weighted by molar-refractivity contribution is 5.81. The Morgan fingerprint density at radius 1 is 0.743 bits per heavy atom. The molecule has 2 aromatic carbocycles. The van der Waals surface area contributed by atoms with Crippen LogP contribution in [0.1, 0.15) is 35.2 Å². The molecule has 0 amide bonds. The van der Waals surface area contributed by atoms with Crippen molar-refractivity contribution in [3.05, 3.63) is 101 Å². The highest BCUT2D eigenvalue weighted by Crippen LogP contribution is 2.21. The predicted octanol–water partition coefficient (Wildman–Crippen LogP) is 5.06. The molecule has 0 radical (unpaired) electrons. The van der Waals surface area contributed by atoms with Crippen molar-refractivity contribution >= 4 is 21.8 Å². The lowest BCUT2D eigenvalue weighted by Crippen LogP contribution is -2.10. The summed E-state index contributed by atoms with van der Waals surface area (Å²) >= 11 is 0. The molecule has 35 heavy (non-hydrogen) atoms. The molecule has 0 spiro atoms. The molecule has 0 bridgehead atoms. The van der Waals surface area contributed by atoms with Crippen LogP contribution in [0.4, 0.5) is 8.78 Å². The van der Waals surface area contributed by atoms with Gasteiger partial charge in [-0.1, -0.05) is 0 Å². The Kier molecular flexibility index (Phi) is 5.36. The van der Waals surface area contributed by atoms with Gasteiger partial charge in [0.15, 0.2) is 0 Å². The number of H-pyrrole nitrogens is 3. The van der Waals surface area contributed by atoms with Gasteiger partial charge in [0.1, 0.15) is 23.3 Å². The molecule has 9 heteroatoms. The van der Waals surface area contributed by atoms with Gasteiger partial charge < -0.3 is 19.5 Å². The second-order valence-electron chi connectivity index (χ2n) is 8.77. The molecule has 0 unspecified atom stereocenters. The van der Waals surface area contributed by atoms with Crippen LogP contribution in [-0.4, -0.2) is 34.7 Å². The van der Waals surface area contributed by atoms with Gasteiger partial charge >= 0.3 is 0 Å². The number of imidazole rings is 1. The number of aryl methyl sites for hydroxylation is 1. The van der Waals surface area contributed by atoms with Gasteiger partial charge in [0, 0.05) is 53.7 Å². The maximum Gasteiger partial charge on any atom is 0.138 e. The normalized spacial score (nSPS) is 11.7. The molecular weight excluding hydrogens is 448 g/mol. The molecule has 3 N–H and O–H groups in total. The lowest BCUT2D eigenvalue weighted by atomic mass is 10.2. The van der Waals surface area contributed by atoms with Gasteiger partial charge in [0.25, 0.3) is 0 Å². The summed E-state index contributed by atoms with van der Waals surface area (Å²) in [4.78, 5) is 13.8. The standard InChI is InChI=1S/C26H23F2N7/c27-18-5-3-16-8-21(31-23(16)10-18)12-25-33-34-26(35(25)7-1-2-20-14-29-15-30-20)13-22-9-17-4-6-19(28)11-24(17)32-22/h3-6,8-11,14-15,31-32H,1-2,7,12-13H2,(H,29,30). The van der Waals surface area contributed by atoms with E-state index in [1.807, 2.05) is 18.3 Å². The number of nitrogens with zero attached hydrogens (tertiary/aromatic N) is 4. The van der Waals surface area contributed by atoms with Crippen LogP contribution in [0, 0.1) is 11.6 Å². The molecule has 0 atom stereocenters. The molecule has 0 saturated carbocycles. The second kappa shape index (κ2) is 8.83. The van der Waals surface area contributed by atoms with Gasteiger partial charge in [-0.15, -0.1) is 10.2 Å². The minimum atomic E-state index is -0.270. The van der Waals surface area contributed by atoms with E-state index in [9.17, 15) is 8.78 Å². The molecular formula is C26H23F2N7. The van der Waals surface area contributed by atoms with E-state index in [1.165, 1.54) is 24.3 Å². The summed E-state index contributed by atoms with van der Waals surface area (Å²) in [6, 6.07) is 13.5. The van der Waals surface area contributed by atoms with Crippen LogP contribution in [-0.2, 0) is 25.8 Å². The van der Waals surface area contributed by atoms with E-state index >= 15 is 0 Å². The number of hydrogen-bond acceptors (Lipinski definition) is 3. The topological polar surface area (TPSA) is 91.0 Å². The van der Waals surface area contributed by atoms with Crippen LogP contribution in [0.5, 0.6) is 0 Å². The van der Waals surface area contributed by atoms with Gasteiger partial charge in [-0.2, -0.15) is 0 Å². The number of benzene rings is 2. The molecule has 0 fully saturated rings. The number of aromatic nitrogens is 7. The summed E-state index contributed by atoms with van der Waals surface area (Å²) in [6.07, 6.45) is 6.35. The third-order valence-corrected chi connectivity index (χ3v) is 6.26. The number of fused-ring (bicyclic) bond motifs is 2. The number of nitrogens with one attached hydrogen (secondary N) is 3. The molecule has 4 aromatic heterocycles. The van der Waals surface area contributed by atoms with Crippen LogP contribution >= 0.6 is 0 Å². The Bertz CT molecular complexity index is 1510. The lowest BCUT2D eigenvalue weighted by molar-refractivity contribution is 0.591. The van der Waals surface area contributed by atoms with E-state index in [0.717, 1.165) is 69.9 Å². The van der Waals surface area contributed by atoms with Crippen molar-refractivity contribution in [1.82, 2.24) is 34.7 Å². The fourth-order valence-electron chi connectivity index (χ4n) is 4.59. The molecule has 176 valence electrons. The molecule has 6 aromatic rings. The molecule has 4 heterocycles. The highest BCUT2D eigenvalue weighted by Gasteiger charge is 2.16. The van der Waals surface area contributed by atoms with Crippen molar-refractivity contribution < 1.29 is 8.78 Å². The van der Waals surface area contributed by atoms with Gasteiger partial charge in [-0.25, -0.2) is 13.8 Å². The Balaban J connectivity index is 1.29. The second-order valence-corrected chi connectivity index (χ2v) is 8.77.